The number of phosphoric acid groups is 1. The summed E-state index contributed by atoms with van der Waals surface area (Å²) in [6.07, 6.45) is 37.1. The van der Waals surface area contributed by atoms with Crippen LogP contribution in [0.2, 0.25) is 0 Å². The third kappa shape index (κ3) is 37.2. The number of carbonyl (C=O) groups is 3. The Labute approximate surface area is 328 Å². The fourth-order valence-corrected chi connectivity index (χ4v) is 6.84. The average molecular weight is 790 g/mol. The molecule has 0 spiro atoms. The van der Waals surface area contributed by atoms with Crippen molar-refractivity contribution in [3.05, 3.63) is 12.2 Å². The number of carboxylic acids is 1. The second-order valence-corrected chi connectivity index (χ2v) is 16.3. The molecule has 0 amide bonds. The predicted octanol–water partition coefficient (Wildman–Crippen LogP) is 11.3. The molecule has 0 aromatic heterocycles. The van der Waals surface area contributed by atoms with Gasteiger partial charge in [-0.05, 0) is 38.5 Å². The van der Waals surface area contributed by atoms with Crippen molar-refractivity contribution in [2.24, 2.45) is 5.73 Å². The van der Waals surface area contributed by atoms with Gasteiger partial charge >= 0.3 is 25.7 Å². The molecule has 12 heteroatoms. The van der Waals surface area contributed by atoms with Gasteiger partial charge in [0.15, 0.2) is 6.10 Å². The molecular formula is C42H80NO10P. The first-order valence-corrected chi connectivity index (χ1v) is 23.2. The molecular weight excluding hydrogens is 709 g/mol. The van der Waals surface area contributed by atoms with E-state index in [0.29, 0.717) is 12.8 Å². The van der Waals surface area contributed by atoms with Gasteiger partial charge in [0.25, 0.3) is 0 Å². The summed E-state index contributed by atoms with van der Waals surface area (Å²) in [5, 5.41) is 8.87. The normalized spacial score (nSPS) is 13.9. The van der Waals surface area contributed by atoms with Crippen LogP contribution < -0.4 is 5.73 Å². The van der Waals surface area contributed by atoms with Crippen molar-refractivity contribution in [1.29, 1.82) is 0 Å². The second-order valence-electron chi connectivity index (χ2n) is 14.8. The van der Waals surface area contributed by atoms with E-state index in [9.17, 15) is 23.8 Å². The molecule has 0 saturated carbocycles. The van der Waals surface area contributed by atoms with Crippen LogP contribution >= 0.6 is 7.82 Å². The zero-order valence-corrected chi connectivity index (χ0v) is 35.2. The molecule has 0 aliphatic heterocycles. The fourth-order valence-electron chi connectivity index (χ4n) is 6.06. The second kappa shape index (κ2) is 38.1. The summed E-state index contributed by atoms with van der Waals surface area (Å²) in [6, 6.07) is -1.52. The highest BCUT2D eigenvalue weighted by Crippen LogP contribution is 2.43. The van der Waals surface area contributed by atoms with Gasteiger partial charge in [-0.15, -0.1) is 0 Å². The number of carboxylic acid groups (broad SMARTS) is 1. The van der Waals surface area contributed by atoms with E-state index in [1.54, 1.807) is 0 Å². The van der Waals surface area contributed by atoms with Gasteiger partial charge in [-0.3, -0.25) is 23.4 Å². The molecule has 0 aromatic carbocycles. The standard InChI is InChI=1S/C42H80NO10P/c1-3-5-7-9-11-13-15-16-17-18-19-20-21-22-24-25-27-29-31-33-40(44)50-35-38(36-51-54(48,49)52-37-39(43)42(46)47)53-41(45)34-32-30-28-26-23-14-12-10-8-6-4-2/h16-17,38-39H,3-15,18-37,43H2,1-2H3,(H,46,47)(H,48,49)/b17-16+/t38-,39+/m0/s1. The summed E-state index contributed by atoms with van der Waals surface area (Å²) in [6.45, 7) is 2.80. The fraction of sp³-hybridized carbons (Fsp3) is 0.881. The van der Waals surface area contributed by atoms with Crippen molar-refractivity contribution in [2.75, 3.05) is 19.8 Å². The van der Waals surface area contributed by atoms with Crippen LogP contribution in [0.3, 0.4) is 0 Å². The van der Waals surface area contributed by atoms with Crippen molar-refractivity contribution in [3.63, 3.8) is 0 Å². The summed E-state index contributed by atoms with van der Waals surface area (Å²) in [5.74, 6) is -2.37. The summed E-state index contributed by atoms with van der Waals surface area (Å²) in [7, 11) is -4.71. The van der Waals surface area contributed by atoms with Crippen LogP contribution in [0.1, 0.15) is 206 Å². The molecule has 0 saturated heterocycles. The third-order valence-electron chi connectivity index (χ3n) is 9.51. The number of allylic oxidation sites excluding steroid dienone is 2. The Bertz CT molecular complexity index is 979. The Morgan fingerprint density at radius 1 is 0.556 bits per heavy atom. The summed E-state index contributed by atoms with van der Waals surface area (Å²) < 4.78 is 32.6. The number of unbranched alkanes of at least 4 members (excludes halogenated alkanes) is 25. The van der Waals surface area contributed by atoms with Gasteiger partial charge in [-0.1, -0.05) is 167 Å². The van der Waals surface area contributed by atoms with E-state index in [-0.39, 0.29) is 19.4 Å². The number of hydrogen-bond acceptors (Lipinski definition) is 9. The Morgan fingerprint density at radius 3 is 1.35 bits per heavy atom. The Hall–Kier alpha value is -1.78. The number of aliphatic carboxylic acids is 1. The highest BCUT2D eigenvalue weighted by molar-refractivity contribution is 7.47. The molecule has 3 atom stereocenters. The zero-order valence-electron chi connectivity index (χ0n) is 34.3. The van der Waals surface area contributed by atoms with E-state index in [1.807, 2.05) is 0 Å². The smallest absolute Gasteiger partial charge is 0.472 e. The molecule has 54 heavy (non-hydrogen) atoms. The molecule has 1 unspecified atom stereocenters. The minimum Gasteiger partial charge on any atom is -0.480 e. The lowest BCUT2D eigenvalue weighted by atomic mass is 10.1. The number of hydrogen-bond donors (Lipinski definition) is 3. The van der Waals surface area contributed by atoms with Crippen LogP contribution in [-0.4, -0.2) is 59.9 Å². The highest BCUT2D eigenvalue weighted by Gasteiger charge is 2.28. The van der Waals surface area contributed by atoms with Crippen LogP contribution in [-0.2, 0) is 37.5 Å². The Kier molecular flexibility index (Phi) is 36.9. The van der Waals surface area contributed by atoms with Crippen LogP contribution in [0, 0.1) is 0 Å². The maximum Gasteiger partial charge on any atom is 0.472 e. The molecule has 0 aliphatic rings. The molecule has 318 valence electrons. The molecule has 0 aromatic rings. The molecule has 4 N–H and O–H groups in total. The number of carbonyl (C=O) groups excluding carboxylic acids is 2. The van der Waals surface area contributed by atoms with Gasteiger partial charge in [0.1, 0.15) is 12.6 Å². The molecule has 0 bridgehead atoms. The van der Waals surface area contributed by atoms with Crippen LogP contribution in [0.5, 0.6) is 0 Å². The lowest BCUT2D eigenvalue weighted by Crippen LogP contribution is -2.34. The topological polar surface area (TPSA) is 172 Å². The van der Waals surface area contributed by atoms with Gasteiger partial charge in [0, 0.05) is 12.8 Å². The van der Waals surface area contributed by atoms with Gasteiger partial charge in [0.05, 0.1) is 13.2 Å². The average Bonchev–Trinajstić information content (AvgIpc) is 3.14. The van der Waals surface area contributed by atoms with E-state index >= 15 is 0 Å². The van der Waals surface area contributed by atoms with Gasteiger partial charge < -0.3 is 25.2 Å². The molecule has 11 nitrogen and oxygen atoms in total. The van der Waals surface area contributed by atoms with Crippen molar-refractivity contribution in [3.8, 4) is 0 Å². The van der Waals surface area contributed by atoms with Gasteiger partial charge in [0.2, 0.25) is 0 Å². The Balaban J connectivity index is 4.27. The van der Waals surface area contributed by atoms with Crippen molar-refractivity contribution < 1.29 is 47.5 Å². The predicted molar refractivity (Wildman–Crippen MR) is 217 cm³/mol. The maximum atomic E-state index is 12.6. The van der Waals surface area contributed by atoms with Crippen molar-refractivity contribution in [2.45, 2.75) is 219 Å². The van der Waals surface area contributed by atoms with Crippen molar-refractivity contribution in [1.82, 2.24) is 0 Å². The van der Waals surface area contributed by atoms with E-state index in [4.69, 9.17) is 24.8 Å². The van der Waals surface area contributed by atoms with E-state index in [1.165, 1.54) is 128 Å². The van der Waals surface area contributed by atoms with Gasteiger partial charge in [-0.25, -0.2) is 4.57 Å². The minimum absolute atomic E-state index is 0.166. The number of esters is 2. The molecule has 0 aliphatic carbocycles. The number of nitrogens with two attached hydrogens (primary N) is 1. The quantitative estimate of drug-likeness (QED) is 0.0233. The van der Waals surface area contributed by atoms with E-state index < -0.39 is 51.1 Å². The minimum atomic E-state index is -4.71. The number of rotatable bonds is 41. The largest absolute Gasteiger partial charge is 0.480 e. The third-order valence-corrected chi connectivity index (χ3v) is 10.5. The first-order chi connectivity index (χ1) is 26.1. The van der Waals surface area contributed by atoms with Crippen LogP contribution in [0.25, 0.3) is 0 Å². The molecule has 0 fully saturated rings. The number of phosphoric ester groups is 1. The van der Waals surface area contributed by atoms with Gasteiger partial charge in [-0.2, -0.15) is 0 Å². The molecule has 0 heterocycles. The summed E-state index contributed by atoms with van der Waals surface area (Å²) in [5.41, 5.74) is 5.33. The number of ether oxygens (including phenoxy) is 2. The lowest BCUT2D eigenvalue weighted by molar-refractivity contribution is -0.161. The monoisotopic (exact) mass is 790 g/mol. The SMILES string of the molecule is CCCCCCCC/C=C/CCCCCCCCCCCC(=O)OC[C@@H](COP(=O)(O)OC[C@@H](N)C(=O)O)OC(=O)CCCCCCCCCCCCC. The van der Waals surface area contributed by atoms with Crippen LogP contribution in [0.4, 0.5) is 0 Å². The molecule has 0 rings (SSSR count). The summed E-state index contributed by atoms with van der Waals surface area (Å²) >= 11 is 0. The highest BCUT2D eigenvalue weighted by atomic mass is 31.2. The first-order valence-electron chi connectivity index (χ1n) is 21.7. The van der Waals surface area contributed by atoms with Crippen LogP contribution in [0.15, 0.2) is 12.2 Å². The molecule has 0 radical (unpaired) electrons. The summed E-state index contributed by atoms with van der Waals surface area (Å²) in [4.78, 5) is 45.9. The zero-order chi connectivity index (χ0) is 40.0. The lowest BCUT2D eigenvalue weighted by Gasteiger charge is -2.20. The Morgan fingerprint density at radius 2 is 0.926 bits per heavy atom. The first kappa shape index (κ1) is 52.2. The van der Waals surface area contributed by atoms with E-state index in [0.717, 1.165) is 38.5 Å². The maximum absolute atomic E-state index is 12.6. The van der Waals surface area contributed by atoms with E-state index in [2.05, 4.69) is 30.5 Å². The van der Waals surface area contributed by atoms with Crippen molar-refractivity contribution >= 4 is 25.7 Å².